The molecule has 0 atom stereocenters. The van der Waals surface area contributed by atoms with Crippen molar-refractivity contribution in [2.45, 2.75) is 23.3 Å². The van der Waals surface area contributed by atoms with Gasteiger partial charge in [0.15, 0.2) is 0 Å². The number of hydrogen-bond acceptors (Lipinski definition) is 6. The molecule has 0 unspecified atom stereocenters. The summed E-state index contributed by atoms with van der Waals surface area (Å²) in [7, 11) is 0. The van der Waals surface area contributed by atoms with Gasteiger partial charge in [-0.05, 0) is 25.0 Å². The van der Waals surface area contributed by atoms with Gasteiger partial charge in [-0.2, -0.15) is 0 Å². The van der Waals surface area contributed by atoms with E-state index in [0.29, 0.717) is 6.54 Å². The number of anilines is 1. The maximum absolute atomic E-state index is 12.9. The molecule has 128 valence electrons. The van der Waals surface area contributed by atoms with Gasteiger partial charge in [-0.3, -0.25) is 4.79 Å². The third-order valence-corrected chi connectivity index (χ3v) is 6.50. The molecule has 8 heteroatoms. The lowest BCUT2D eigenvalue weighted by atomic mass is 10.1. The number of carbonyl (C=O) groups excluding carboxylic acids is 1. The quantitative estimate of drug-likeness (QED) is 0.680. The summed E-state index contributed by atoms with van der Waals surface area (Å²) in [6, 6.07) is 3.88. The number of nitrogens with zero attached hydrogens (tertiary/aromatic N) is 4. The second kappa shape index (κ2) is 5.47. The normalized spacial score (nSPS) is 18.9. The predicted octanol–water partition coefficient (Wildman–Crippen LogP) is 2.80. The molecular formula is C17H17N5OS2. The van der Waals surface area contributed by atoms with Crippen LogP contribution in [0.3, 0.4) is 0 Å². The standard InChI is InChI=1S/C17H17N5OS2/c23-16(13-7-11(24)8-25-13)22-6-5-21(9-17(22)2-3-17)15-12-1-4-18-14(12)19-10-20-15/h1,4,7-8,10,24H,2-3,5-6,9H2,(H,18,19,20). The van der Waals surface area contributed by atoms with E-state index in [1.165, 1.54) is 11.3 Å². The number of aromatic nitrogens is 3. The second-order valence-electron chi connectivity index (χ2n) is 6.71. The van der Waals surface area contributed by atoms with Crippen molar-refractivity contribution in [3.05, 3.63) is 34.9 Å². The van der Waals surface area contributed by atoms with Crippen LogP contribution >= 0.6 is 24.0 Å². The number of thiophene rings is 1. The minimum atomic E-state index is -0.0519. The smallest absolute Gasteiger partial charge is 0.264 e. The van der Waals surface area contributed by atoms with Crippen molar-refractivity contribution in [3.63, 3.8) is 0 Å². The van der Waals surface area contributed by atoms with Crippen molar-refractivity contribution >= 4 is 46.7 Å². The minimum absolute atomic E-state index is 0.0519. The number of thiol groups is 1. The summed E-state index contributed by atoms with van der Waals surface area (Å²) < 4.78 is 0. The molecule has 1 spiro atoms. The fourth-order valence-corrected chi connectivity index (χ4v) is 4.83. The molecule has 2 fully saturated rings. The number of hydrogen-bond donors (Lipinski definition) is 2. The van der Waals surface area contributed by atoms with E-state index in [0.717, 1.165) is 52.6 Å². The molecule has 2 aliphatic rings. The minimum Gasteiger partial charge on any atom is -0.352 e. The zero-order chi connectivity index (χ0) is 17.0. The van der Waals surface area contributed by atoms with Gasteiger partial charge in [-0.1, -0.05) is 0 Å². The van der Waals surface area contributed by atoms with Gasteiger partial charge in [0.05, 0.1) is 15.8 Å². The van der Waals surface area contributed by atoms with E-state index < -0.39 is 0 Å². The highest BCUT2D eigenvalue weighted by Gasteiger charge is 2.53. The molecule has 0 aromatic carbocycles. The Morgan fingerprint density at radius 3 is 2.96 bits per heavy atom. The molecule has 4 heterocycles. The third-order valence-electron chi connectivity index (χ3n) is 5.15. The maximum atomic E-state index is 12.9. The van der Waals surface area contributed by atoms with Crippen LogP contribution in [0, 0.1) is 0 Å². The average molecular weight is 371 g/mol. The molecule has 1 amide bonds. The van der Waals surface area contributed by atoms with Crippen molar-refractivity contribution in [2.75, 3.05) is 24.5 Å². The second-order valence-corrected chi connectivity index (χ2v) is 8.14. The first-order chi connectivity index (χ1) is 12.2. The van der Waals surface area contributed by atoms with E-state index in [9.17, 15) is 4.79 Å². The number of rotatable bonds is 2. The predicted molar refractivity (Wildman–Crippen MR) is 101 cm³/mol. The summed E-state index contributed by atoms with van der Waals surface area (Å²) >= 11 is 5.80. The zero-order valence-electron chi connectivity index (χ0n) is 13.5. The first-order valence-electron chi connectivity index (χ1n) is 8.29. The van der Waals surface area contributed by atoms with Crippen LogP contribution in [-0.4, -0.2) is 50.9 Å². The van der Waals surface area contributed by atoms with Crippen LogP contribution in [0.15, 0.2) is 34.9 Å². The van der Waals surface area contributed by atoms with Crippen LogP contribution < -0.4 is 4.90 Å². The first-order valence-corrected chi connectivity index (χ1v) is 9.61. The van der Waals surface area contributed by atoms with Gasteiger partial charge in [0.25, 0.3) is 5.91 Å². The molecule has 1 aliphatic carbocycles. The van der Waals surface area contributed by atoms with E-state index in [4.69, 9.17) is 0 Å². The number of aromatic amines is 1. The topological polar surface area (TPSA) is 65.1 Å². The molecule has 1 saturated carbocycles. The van der Waals surface area contributed by atoms with Crippen LogP contribution in [-0.2, 0) is 0 Å². The lowest BCUT2D eigenvalue weighted by Gasteiger charge is -2.42. The molecular weight excluding hydrogens is 354 g/mol. The molecule has 5 rings (SSSR count). The highest BCUT2D eigenvalue weighted by molar-refractivity contribution is 7.80. The van der Waals surface area contributed by atoms with Gasteiger partial charge in [0.1, 0.15) is 17.8 Å². The summed E-state index contributed by atoms with van der Waals surface area (Å²) in [5.41, 5.74) is 0.803. The summed E-state index contributed by atoms with van der Waals surface area (Å²) in [6.45, 7) is 2.33. The number of nitrogens with one attached hydrogen (secondary N) is 1. The Bertz CT molecular complexity index is 961. The van der Waals surface area contributed by atoms with E-state index >= 15 is 0 Å². The summed E-state index contributed by atoms with van der Waals surface area (Å²) in [5, 5.41) is 2.95. The lowest BCUT2D eigenvalue weighted by Crippen LogP contribution is -2.57. The molecule has 1 aliphatic heterocycles. The van der Waals surface area contributed by atoms with Crippen molar-refractivity contribution in [1.29, 1.82) is 0 Å². The highest BCUT2D eigenvalue weighted by atomic mass is 32.1. The Balaban J connectivity index is 1.43. The lowest BCUT2D eigenvalue weighted by molar-refractivity contribution is 0.0629. The fraction of sp³-hybridized carbons (Fsp3) is 0.353. The summed E-state index contributed by atoms with van der Waals surface area (Å²) in [4.78, 5) is 30.9. The van der Waals surface area contributed by atoms with Crippen LogP contribution in [0.5, 0.6) is 0 Å². The largest absolute Gasteiger partial charge is 0.352 e. The maximum Gasteiger partial charge on any atom is 0.264 e. The Morgan fingerprint density at radius 1 is 1.32 bits per heavy atom. The molecule has 0 radical (unpaired) electrons. The Morgan fingerprint density at radius 2 is 2.20 bits per heavy atom. The van der Waals surface area contributed by atoms with Crippen LogP contribution in [0.4, 0.5) is 5.82 Å². The molecule has 1 N–H and O–H groups in total. The summed E-state index contributed by atoms with van der Waals surface area (Å²) in [6.07, 6.45) is 5.60. The molecule has 1 saturated heterocycles. The van der Waals surface area contributed by atoms with Gasteiger partial charge in [-0.25, -0.2) is 9.97 Å². The van der Waals surface area contributed by atoms with E-state index in [-0.39, 0.29) is 11.4 Å². The highest BCUT2D eigenvalue weighted by Crippen LogP contribution is 2.46. The number of amides is 1. The van der Waals surface area contributed by atoms with Crippen molar-refractivity contribution in [2.24, 2.45) is 0 Å². The van der Waals surface area contributed by atoms with Crippen molar-refractivity contribution in [1.82, 2.24) is 19.9 Å². The van der Waals surface area contributed by atoms with Crippen molar-refractivity contribution in [3.8, 4) is 0 Å². The monoisotopic (exact) mass is 371 g/mol. The first kappa shape index (κ1) is 15.2. The van der Waals surface area contributed by atoms with Crippen molar-refractivity contribution < 1.29 is 4.79 Å². The molecule has 25 heavy (non-hydrogen) atoms. The Labute approximate surface area is 154 Å². The average Bonchev–Trinajstić information content (AvgIpc) is 3.03. The molecule has 3 aromatic heterocycles. The Kier molecular flexibility index (Phi) is 3.33. The SMILES string of the molecule is O=C(c1cc(S)cs1)N1CCN(c2ncnc3[nH]ccc23)CC12CC2. The zero-order valence-corrected chi connectivity index (χ0v) is 15.2. The number of carbonyl (C=O) groups is 1. The van der Waals surface area contributed by atoms with Gasteiger partial charge in [-0.15, -0.1) is 24.0 Å². The van der Waals surface area contributed by atoms with E-state index in [1.807, 2.05) is 23.7 Å². The van der Waals surface area contributed by atoms with Gasteiger partial charge in [0.2, 0.25) is 0 Å². The molecule has 6 nitrogen and oxygen atoms in total. The van der Waals surface area contributed by atoms with E-state index in [1.54, 1.807) is 6.33 Å². The number of piperazine rings is 1. The number of fused-ring (bicyclic) bond motifs is 1. The summed E-state index contributed by atoms with van der Waals surface area (Å²) in [5.74, 6) is 1.09. The van der Waals surface area contributed by atoms with E-state index in [2.05, 4.69) is 37.4 Å². The number of H-pyrrole nitrogens is 1. The van der Waals surface area contributed by atoms with Crippen LogP contribution in [0.25, 0.3) is 11.0 Å². The van der Waals surface area contributed by atoms with Gasteiger partial charge < -0.3 is 14.8 Å². The van der Waals surface area contributed by atoms with Crippen LogP contribution in [0.2, 0.25) is 0 Å². The molecule has 3 aromatic rings. The molecule has 0 bridgehead atoms. The van der Waals surface area contributed by atoms with Gasteiger partial charge >= 0.3 is 0 Å². The van der Waals surface area contributed by atoms with Crippen LogP contribution in [0.1, 0.15) is 22.5 Å². The van der Waals surface area contributed by atoms with Gasteiger partial charge in [0, 0.05) is 36.1 Å². The Hall–Kier alpha value is -2.06. The third kappa shape index (κ3) is 2.43. The fourth-order valence-electron chi connectivity index (χ4n) is 3.73.